The maximum absolute atomic E-state index is 6.22. The fourth-order valence-corrected chi connectivity index (χ4v) is 2.77. The summed E-state index contributed by atoms with van der Waals surface area (Å²) in [6, 6.07) is 5.74. The zero-order valence-corrected chi connectivity index (χ0v) is 12.3. The van der Waals surface area contributed by atoms with E-state index < -0.39 is 0 Å². The van der Waals surface area contributed by atoms with Crippen LogP contribution in [0.2, 0.25) is 0 Å². The molecule has 0 bridgehead atoms. The van der Waals surface area contributed by atoms with Crippen LogP contribution in [0.4, 0.5) is 0 Å². The molecule has 0 aromatic heterocycles. The Hall–Kier alpha value is -0.870. The van der Waals surface area contributed by atoms with Crippen molar-refractivity contribution in [1.29, 1.82) is 0 Å². The number of thioether (sulfide) groups is 1. The summed E-state index contributed by atoms with van der Waals surface area (Å²) < 4.78 is 10.6. The maximum Gasteiger partial charge on any atom is 0.123 e. The highest BCUT2D eigenvalue weighted by Gasteiger charge is 2.13. The Morgan fingerprint density at radius 1 is 1.28 bits per heavy atom. The second-order valence-electron chi connectivity index (χ2n) is 4.14. The van der Waals surface area contributed by atoms with E-state index in [9.17, 15) is 0 Å². The fourth-order valence-electron chi connectivity index (χ4n) is 1.68. The molecule has 0 saturated carbocycles. The summed E-state index contributed by atoms with van der Waals surface area (Å²) in [7, 11) is 3.33. The molecule has 4 heteroatoms. The average Bonchev–Trinajstić information content (AvgIpc) is 2.42. The van der Waals surface area contributed by atoms with Gasteiger partial charge in [-0.25, -0.2) is 0 Å². The smallest absolute Gasteiger partial charge is 0.123 e. The number of rotatable bonds is 8. The zero-order valence-electron chi connectivity index (χ0n) is 11.4. The monoisotopic (exact) mass is 269 g/mol. The van der Waals surface area contributed by atoms with Gasteiger partial charge in [-0.2, -0.15) is 11.8 Å². The Balaban J connectivity index is 2.66. The van der Waals surface area contributed by atoms with Gasteiger partial charge in [-0.1, -0.05) is 13.3 Å². The van der Waals surface area contributed by atoms with Crippen molar-refractivity contribution in [2.45, 2.75) is 25.8 Å². The molecule has 102 valence electrons. The highest BCUT2D eigenvalue weighted by atomic mass is 32.2. The van der Waals surface area contributed by atoms with Crippen LogP contribution in [0, 0.1) is 0 Å². The largest absolute Gasteiger partial charge is 0.497 e. The third-order valence-electron chi connectivity index (χ3n) is 2.78. The predicted octanol–water partition coefficient (Wildman–Crippen LogP) is 3.24. The lowest BCUT2D eigenvalue weighted by atomic mass is 10.1. The predicted molar refractivity (Wildman–Crippen MR) is 78.7 cm³/mol. The summed E-state index contributed by atoms with van der Waals surface area (Å²) in [5.41, 5.74) is 7.24. The van der Waals surface area contributed by atoms with Gasteiger partial charge in [-0.05, 0) is 30.4 Å². The molecule has 0 amide bonds. The van der Waals surface area contributed by atoms with Crippen molar-refractivity contribution in [3.8, 4) is 11.5 Å². The minimum atomic E-state index is -0.0168. The van der Waals surface area contributed by atoms with Gasteiger partial charge < -0.3 is 15.2 Å². The molecule has 1 aromatic carbocycles. The first kappa shape index (κ1) is 15.2. The van der Waals surface area contributed by atoms with Crippen molar-refractivity contribution in [2.75, 3.05) is 25.7 Å². The second kappa shape index (κ2) is 8.27. The molecule has 18 heavy (non-hydrogen) atoms. The lowest BCUT2D eigenvalue weighted by molar-refractivity contribution is 0.396. The van der Waals surface area contributed by atoms with E-state index in [1.807, 2.05) is 30.0 Å². The third-order valence-corrected chi connectivity index (χ3v) is 3.95. The molecule has 1 aromatic rings. The Bertz CT molecular complexity index is 358. The van der Waals surface area contributed by atoms with E-state index in [0.717, 1.165) is 28.6 Å². The van der Waals surface area contributed by atoms with Gasteiger partial charge >= 0.3 is 0 Å². The standard InChI is InChI=1S/C14H23NO2S/c1-4-5-8-18-10-13(15)12-9-11(16-2)6-7-14(12)17-3/h6-7,9,13H,4-5,8,10,15H2,1-3H3. The number of methoxy groups -OCH3 is 2. The molecule has 3 nitrogen and oxygen atoms in total. The Labute approximate surface area is 114 Å². The van der Waals surface area contributed by atoms with E-state index in [2.05, 4.69) is 6.92 Å². The molecule has 0 aliphatic heterocycles. The Morgan fingerprint density at radius 2 is 2.06 bits per heavy atom. The Kier molecular flexibility index (Phi) is 6.98. The van der Waals surface area contributed by atoms with Crippen LogP contribution in [0.3, 0.4) is 0 Å². The number of hydrogen-bond donors (Lipinski definition) is 1. The first-order valence-corrected chi connectivity index (χ1v) is 7.43. The van der Waals surface area contributed by atoms with Crippen molar-refractivity contribution >= 4 is 11.8 Å². The number of ether oxygens (including phenoxy) is 2. The summed E-state index contributed by atoms with van der Waals surface area (Å²) in [6.45, 7) is 2.20. The van der Waals surface area contributed by atoms with Crippen LogP contribution in [0.15, 0.2) is 18.2 Å². The van der Waals surface area contributed by atoms with Crippen molar-refractivity contribution in [3.63, 3.8) is 0 Å². The lowest BCUT2D eigenvalue weighted by Gasteiger charge is -2.16. The summed E-state index contributed by atoms with van der Waals surface area (Å²) in [4.78, 5) is 0. The van der Waals surface area contributed by atoms with Crippen molar-refractivity contribution in [2.24, 2.45) is 5.73 Å². The van der Waals surface area contributed by atoms with Gasteiger partial charge in [-0.15, -0.1) is 0 Å². The van der Waals surface area contributed by atoms with Crippen LogP contribution in [0.5, 0.6) is 11.5 Å². The first-order chi connectivity index (χ1) is 8.72. The van der Waals surface area contributed by atoms with E-state index in [1.54, 1.807) is 14.2 Å². The first-order valence-electron chi connectivity index (χ1n) is 6.28. The minimum absolute atomic E-state index is 0.0168. The van der Waals surface area contributed by atoms with Gasteiger partial charge in [0, 0.05) is 17.4 Å². The van der Waals surface area contributed by atoms with E-state index in [4.69, 9.17) is 15.2 Å². The van der Waals surface area contributed by atoms with Crippen LogP contribution in [-0.2, 0) is 0 Å². The van der Waals surface area contributed by atoms with Crippen molar-refractivity contribution < 1.29 is 9.47 Å². The number of nitrogens with two attached hydrogens (primary N) is 1. The number of unbranched alkanes of at least 4 members (excludes halogenated alkanes) is 1. The number of benzene rings is 1. The summed E-state index contributed by atoms with van der Waals surface area (Å²) in [6.07, 6.45) is 2.47. The fraction of sp³-hybridized carbons (Fsp3) is 0.571. The third kappa shape index (κ3) is 4.42. The van der Waals surface area contributed by atoms with Gasteiger partial charge in [0.15, 0.2) is 0 Å². The molecule has 1 atom stereocenters. The van der Waals surface area contributed by atoms with Crippen LogP contribution < -0.4 is 15.2 Å². The zero-order chi connectivity index (χ0) is 13.4. The molecule has 0 heterocycles. The van der Waals surface area contributed by atoms with Crippen LogP contribution in [0.1, 0.15) is 31.4 Å². The van der Waals surface area contributed by atoms with Gasteiger partial charge in [-0.3, -0.25) is 0 Å². The van der Waals surface area contributed by atoms with Gasteiger partial charge in [0.25, 0.3) is 0 Å². The average molecular weight is 269 g/mol. The topological polar surface area (TPSA) is 44.5 Å². The van der Waals surface area contributed by atoms with E-state index in [0.29, 0.717) is 0 Å². The molecule has 2 N–H and O–H groups in total. The molecule has 0 radical (unpaired) electrons. The molecule has 0 fully saturated rings. The molecule has 1 unspecified atom stereocenters. The molecule has 0 aliphatic carbocycles. The van der Waals surface area contributed by atoms with E-state index in [-0.39, 0.29) is 6.04 Å². The SMILES string of the molecule is CCCCSCC(N)c1cc(OC)ccc1OC. The van der Waals surface area contributed by atoms with E-state index >= 15 is 0 Å². The highest BCUT2D eigenvalue weighted by molar-refractivity contribution is 7.99. The Morgan fingerprint density at radius 3 is 2.67 bits per heavy atom. The second-order valence-corrected chi connectivity index (χ2v) is 5.29. The lowest BCUT2D eigenvalue weighted by Crippen LogP contribution is -2.14. The van der Waals surface area contributed by atoms with Gasteiger partial charge in [0.1, 0.15) is 11.5 Å². The quantitative estimate of drug-likeness (QED) is 0.736. The summed E-state index contributed by atoms with van der Waals surface area (Å²) >= 11 is 1.89. The van der Waals surface area contributed by atoms with Crippen LogP contribution in [0.25, 0.3) is 0 Å². The highest BCUT2D eigenvalue weighted by Crippen LogP contribution is 2.30. The normalized spacial score (nSPS) is 12.2. The maximum atomic E-state index is 6.22. The van der Waals surface area contributed by atoms with Crippen LogP contribution >= 0.6 is 11.8 Å². The van der Waals surface area contributed by atoms with E-state index in [1.165, 1.54) is 12.8 Å². The minimum Gasteiger partial charge on any atom is -0.497 e. The number of hydrogen-bond acceptors (Lipinski definition) is 4. The molecule has 0 aliphatic rings. The summed E-state index contributed by atoms with van der Waals surface area (Å²) in [5.74, 6) is 3.72. The van der Waals surface area contributed by atoms with Gasteiger partial charge in [0.05, 0.1) is 14.2 Å². The molecular formula is C14H23NO2S. The summed E-state index contributed by atoms with van der Waals surface area (Å²) in [5, 5.41) is 0. The molecular weight excluding hydrogens is 246 g/mol. The van der Waals surface area contributed by atoms with Crippen molar-refractivity contribution in [1.82, 2.24) is 0 Å². The molecule has 0 spiro atoms. The van der Waals surface area contributed by atoms with Gasteiger partial charge in [0.2, 0.25) is 0 Å². The molecule has 0 saturated heterocycles. The molecule has 1 rings (SSSR count). The van der Waals surface area contributed by atoms with Crippen molar-refractivity contribution in [3.05, 3.63) is 23.8 Å². The van der Waals surface area contributed by atoms with Crippen LogP contribution in [-0.4, -0.2) is 25.7 Å².